The summed E-state index contributed by atoms with van der Waals surface area (Å²) in [5.41, 5.74) is 1.83. The van der Waals surface area contributed by atoms with Gasteiger partial charge in [0, 0.05) is 26.5 Å². The molecule has 0 saturated carbocycles. The molecule has 0 aromatic heterocycles. The first kappa shape index (κ1) is 12.9. The van der Waals surface area contributed by atoms with E-state index in [0.717, 1.165) is 5.56 Å². The van der Waals surface area contributed by atoms with E-state index in [2.05, 4.69) is 15.9 Å². The number of hydrogen-bond acceptors (Lipinski definition) is 0. The van der Waals surface area contributed by atoms with Crippen LogP contribution in [0.4, 0.5) is 4.39 Å². The molecule has 0 atom stereocenters. The van der Waals surface area contributed by atoms with Crippen molar-refractivity contribution < 1.29 is 4.39 Å². The van der Waals surface area contributed by atoms with Crippen LogP contribution in [0.1, 0.15) is 5.56 Å². The zero-order valence-corrected chi connectivity index (χ0v) is 11.8. The van der Waals surface area contributed by atoms with Gasteiger partial charge in [-0.25, -0.2) is 4.39 Å². The van der Waals surface area contributed by atoms with Crippen molar-refractivity contribution in [2.24, 2.45) is 0 Å². The minimum absolute atomic E-state index is 0.322. The van der Waals surface area contributed by atoms with Gasteiger partial charge < -0.3 is 0 Å². The van der Waals surface area contributed by atoms with Crippen molar-refractivity contribution in [2.45, 2.75) is 5.33 Å². The number of halogens is 4. The molecule has 0 aliphatic carbocycles. The van der Waals surface area contributed by atoms with Crippen LogP contribution < -0.4 is 0 Å². The van der Waals surface area contributed by atoms with Gasteiger partial charge in [-0.3, -0.25) is 0 Å². The predicted octanol–water partition coefficient (Wildman–Crippen LogP) is 5.69. The lowest BCUT2D eigenvalue weighted by Gasteiger charge is -2.09. The molecule has 0 heterocycles. The standard InChI is InChI=1S/C13H8BrCl2F/c14-7-8-4-5-9(12(17)6-8)13-10(15)2-1-3-11(13)16/h1-6H,7H2. The van der Waals surface area contributed by atoms with Gasteiger partial charge in [0.1, 0.15) is 5.82 Å². The molecule has 0 fully saturated rings. The molecule has 0 bridgehead atoms. The summed E-state index contributed by atoms with van der Waals surface area (Å²) in [5.74, 6) is -0.322. The topological polar surface area (TPSA) is 0 Å². The lowest BCUT2D eigenvalue weighted by Crippen LogP contribution is -1.89. The zero-order chi connectivity index (χ0) is 12.4. The summed E-state index contributed by atoms with van der Waals surface area (Å²) >= 11 is 15.4. The van der Waals surface area contributed by atoms with Crippen molar-refractivity contribution in [3.8, 4) is 11.1 Å². The Morgan fingerprint density at radius 2 is 1.71 bits per heavy atom. The Hall–Kier alpha value is -0.570. The highest BCUT2D eigenvalue weighted by atomic mass is 79.9. The molecular formula is C13H8BrCl2F. The normalized spacial score (nSPS) is 10.6. The minimum Gasteiger partial charge on any atom is -0.206 e. The maximum atomic E-state index is 13.9. The van der Waals surface area contributed by atoms with Crippen LogP contribution in [0.5, 0.6) is 0 Å². The van der Waals surface area contributed by atoms with Gasteiger partial charge >= 0.3 is 0 Å². The van der Waals surface area contributed by atoms with Crippen molar-refractivity contribution in [3.63, 3.8) is 0 Å². The van der Waals surface area contributed by atoms with E-state index in [9.17, 15) is 4.39 Å². The third-order valence-electron chi connectivity index (χ3n) is 2.42. The molecule has 0 N–H and O–H groups in total. The second kappa shape index (κ2) is 5.38. The Bertz CT molecular complexity index is 535. The summed E-state index contributed by atoms with van der Waals surface area (Å²) < 4.78 is 13.9. The van der Waals surface area contributed by atoms with Crippen LogP contribution in [0, 0.1) is 5.82 Å². The summed E-state index contributed by atoms with van der Waals surface area (Å²) in [6.07, 6.45) is 0. The molecule has 2 rings (SSSR count). The number of hydrogen-bond donors (Lipinski definition) is 0. The number of benzene rings is 2. The van der Waals surface area contributed by atoms with Crippen LogP contribution in [-0.4, -0.2) is 0 Å². The maximum absolute atomic E-state index is 13.9. The first-order chi connectivity index (χ1) is 8.13. The summed E-state index contributed by atoms with van der Waals surface area (Å²) in [6.45, 7) is 0. The van der Waals surface area contributed by atoms with E-state index in [4.69, 9.17) is 23.2 Å². The number of rotatable bonds is 2. The summed E-state index contributed by atoms with van der Waals surface area (Å²) in [5, 5.41) is 1.51. The predicted molar refractivity (Wildman–Crippen MR) is 74.5 cm³/mol. The Labute approximate surface area is 117 Å². The molecule has 2 aromatic carbocycles. The first-order valence-corrected chi connectivity index (χ1v) is 6.80. The zero-order valence-electron chi connectivity index (χ0n) is 8.68. The molecule has 0 aliphatic heterocycles. The SMILES string of the molecule is Fc1cc(CBr)ccc1-c1c(Cl)cccc1Cl. The molecule has 0 aliphatic rings. The minimum atomic E-state index is -0.322. The average Bonchev–Trinajstić information content (AvgIpc) is 2.30. The molecule has 0 radical (unpaired) electrons. The van der Waals surface area contributed by atoms with Gasteiger partial charge in [-0.05, 0) is 23.8 Å². The van der Waals surface area contributed by atoms with Crippen LogP contribution >= 0.6 is 39.1 Å². The maximum Gasteiger partial charge on any atom is 0.131 e. The Morgan fingerprint density at radius 3 is 2.24 bits per heavy atom. The third kappa shape index (κ3) is 2.65. The summed E-state index contributed by atoms with van der Waals surface area (Å²) in [7, 11) is 0. The van der Waals surface area contributed by atoms with Crippen molar-refractivity contribution in [2.75, 3.05) is 0 Å². The number of alkyl halides is 1. The van der Waals surface area contributed by atoms with E-state index in [-0.39, 0.29) is 5.82 Å². The van der Waals surface area contributed by atoms with Crippen molar-refractivity contribution >= 4 is 39.1 Å². The van der Waals surface area contributed by atoms with E-state index in [1.54, 1.807) is 24.3 Å². The lowest BCUT2D eigenvalue weighted by atomic mass is 10.0. The Kier molecular flexibility index (Phi) is 4.08. The van der Waals surface area contributed by atoms with Crippen molar-refractivity contribution in [1.29, 1.82) is 0 Å². The van der Waals surface area contributed by atoms with Gasteiger partial charge in [-0.2, -0.15) is 0 Å². The smallest absolute Gasteiger partial charge is 0.131 e. The van der Waals surface area contributed by atoms with E-state index >= 15 is 0 Å². The summed E-state index contributed by atoms with van der Waals surface area (Å²) in [4.78, 5) is 0. The fourth-order valence-electron chi connectivity index (χ4n) is 1.60. The van der Waals surface area contributed by atoms with E-state index < -0.39 is 0 Å². The van der Waals surface area contributed by atoms with Gasteiger partial charge in [0.05, 0.1) is 0 Å². The highest BCUT2D eigenvalue weighted by Crippen LogP contribution is 2.36. The average molecular weight is 334 g/mol. The van der Waals surface area contributed by atoms with Gasteiger partial charge in [-0.1, -0.05) is 57.3 Å². The molecule has 0 amide bonds. The highest BCUT2D eigenvalue weighted by molar-refractivity contribution is 9.08. The van der Waals surface area contributed by atoms with Crippen molar-refractivity contribution in [1.82, 2.24) is 0 Å². The van der Waals surface area contributed by atoms with Gasteiger partial charge in [0.25, 0.3) is 0 Å². The van der Waals surface area contributed by atoms with Crippen LogP contribution in [0.2, 0.25) is 10.0 Å². The molecule has 2 aromatic rings. The quantitative estimate of drug-likeness (QED) is 0.619. The van der Waals surface area contributed by atoms with Gasteiger partial charge in [-0.15, -0.1) is 0 Å². The fourth-order valence-corrected chi connectivity index (χ4v) is 2.55. The molecular weight excluding hydrogens is 326 g/mol. The fraction of sp³-hybridized carbons (Fsp3) is 0.0769. The molecule has 0 saturated heterocycles. The molecule has 4 heteroatoms. The monoisotopic (exact) mass is 332 g/mol. The van der Waals surface area contributed by atoms with E-state index in [1.165, 1.54) is 6.07 Å². The van der Waals surface area contributed by atoms with Gasteiger partial charge in [0.15, 0.2) is 0 Å². The molecule has 0 spiro atoms. The highest BCUT2D eigenvalue weighted by Gasteiger charge is 2.12. The van der Waals surface area contributed by atoms with Crippen LogP contribution in [0.25, 0.3) is 11.1 Å². The molecule has 0 nitrogen and oxygen atoms in total. The Balaban J connectivity index is 2.61. The third-order valence-corrected chi connectivity index (χ3v) is 3.70. The Morgan fingerprint density at radius 1 is 1.06 bits per heavy atom. The van der Waals surface area contributed by atoms with E-state index in [1.807, 2.05) is 6.07 Å². The first-order valence-electron chi connectivity index (χ1n) is 4.92. The summed E-state index contributed by atoms with van der Waals surface area (Å²) in [6, 6.07) is 10.1. The second-order valence-electron chi connectivity index (χ2n) is 3.54. The van der Waals surface area contributed by atoms with E-state index in [0.29, 0.717) is 26.5 Å². The second-order valence-corrected chi connectivity index (χ2v) is 4.92. The lowest BCUT2D eigenvalue weighted by molar-refractivity contribution is 0.630. The van der Waals surface area contributed by atoms with Crippen LogP contribution in [-0.2, 0) is 5.33 Å². The van der Waals surface area contributed by atoms with Crippen LogP contribution in [0.15, 0.2) is 36.4 Å². The van der Waals surface area contributed by atoms with Crippen molar-refractivity contribution in [3.05, 3.63) is 57.8 Å². The molecule has 0 unspecified atom stereocenters. The van der Waals surface area contributed by atoms with Gasteiger partial charge in [0.2, 0.25) is 0 Å². The molecule has 88 valence electrons. The largest absolute Gasteiger partial charge is 0.206 e. The molecule has 17 heavy (non-hydrogen) atoms. The van der Waals surface area contributed by atoms with Crippen LogP contribution in [0.3, 0.4) is 0 Å².